The number of carbonyl (C=O) groups excluding carboxylic acids is 1. The number of anilines is 3. The number of hydrogen-bond donors (Lipinski definition) is 2. The van der Waals surface area contributed by atoms with Crippen LogP contribution >= 0.6 is 0 Å². The molecule has 1 aliphatic carbocycles. The quantitative estimate of drug-likeness (QED) is 0.875. The van der Waals surface area contributed by atoms with E-state index in [4.69, 9.17) is 4.74 Å². The maximum atomic E-state index is 12.9. The van der Waals surface area contributed by atoms with Crippen molar-refractivity contribution >= 4 is 23.4 Å². The first-order valence-corrected chi connectivity index (χ1v) is 8.59. The van der Waals surface area contributed by atoms with Gasteiger partial charge < -0.3 is 20.3 Å². The van der Waals surface area contributed by atoms with Crippen molar-refractivity contribution < 1.29 is 13.9 Å². The molecule has 1 aliphatic heterocycles. The van der Waals surface area contributed by atoms with Gasteiger partial charge in [0, 0.05) is 25.9 Å². The number of nitrogens with one attached hydrogen (secondary N) is 2. The summed E-state index contributed by atoms with van der Waals surface area (Å²) >= 11 is 0. The Labute approximate surface area is 150 Å². The van der Waals surface area contributed by atoms with Crippen molar-refractivity contribution in [3.8, 4) is 5.75 Å². The minimum absolute atomic E-state index is 0.0657. The summed E-state index contributed by atoms with van der Waals surface area (Å²) in [6, 6.07) is 5.99. The summed E-state index contributed by atoms with van der Waals surface area (Å²) in [7, 11) is 1.84. The lowest BCUT2D eigenvalue weighted by molar-refractivity contribution is -0.117. The Balaban J connectivity index is 1.35. The summed E-state index contributed by atoms with van der Waals surface area (Å²) < 4.78 is 18.7. The third-order valence-electron chi connectivity index (χ3n) is 4.87. The van der Waals surface area contributed by atoms with E-state index in [0.717, 1.165) is 12.8 Å². The number of ether oxygens (including phenoxy) is 1. The zero-order valence-corrected chi connectivity index (χ0v) is 14.6. The monoisotopic (exact) mass is 357 g/mol. The first-order valence-electron chi connectivity index (χ1n) is 8.59. The van der Waals surface area contributed by atoms with Crippen LogP contribution in [0.4, 0.5) is 21.8 Å². The summed E-state index contributed by atoms with van der Waals surface area (Å²) in [6.45, 7) is 1.83. The number of nitrogens with zero attached hydrogens (tertiary/aromatic N) is 3. The second-order valence-electron chi connectivity index (χ2n) is 6.71. The molecule has 0 radical (unpaired) electrons. The van der Waals surface area contributed by atoms with Crippen LogP contribution in [0.25, 0.3) is 0 Å². The standard InChI is InChI=1S/C18H20FN5O2/c1-10-17(25)22-15-9-20-18(23-16(15)24(10)2)21-12-7-14(8-12)26-13-5-3-11(19)4-6-13/h3-6,9-10,12,14H,7-8H2,1-2H3,(H,22,25)(H,20,21,23)/t10-,12-,14-/m0/s1. The predicted molar refractivity (Wildman–Crippen MR) is 96.0 cm³/mol. The van der Waals surface area contributed by atoms with Gasteiger partial charge in [-0.3, -0.25) is 4.79 Å². The Morgan fingerprint density at radius 2 is 2.04 bits per heavy atom. The highest BCUT2D eigenvalue weighted by atomic mass is 19.1. The van der Waals surface area contributed by atoms with Crippen molar-refractivity contribution in [2.24, 2.45) is 0 Å². The van der Waals surface area contributed by atoms with E-state index in [1.807, 2.05) is 18.9 Å². The molecule has 1 saturated carbocycles. The van der Waals surface area contributed by atoms with Crippen LogP contribution in [0.5, 0.6) is 5.75 Å². The second-order valence-corrected chi connectivity index (χ2v) is 6.71. The number of hydrogen-bond acceptors (Lipinski definition) is 6. The van der Waals surface area contributed by atoms with E-state index in [9.17, 15) is 9.18 Å². The molecule has 0 bridgehead atoms. The fourth-order valence-electron chi connectivity index (χ4n) is 3.06. The smallest absolute Gasteiger partial charge is 0.246 e. The van der Waals surface area contributed by atoms with Crippen LogP contribution in [0.2, 0.25) is 0 Å². The van der Waals surface area contributed by atoms with Gasteiger partial charge in [0.25, 0.3) is 0 Å². The normalized spacial score (nSPS) is 24.3. The van der Waals surface area contributed by atoms with Crippen LogP contribution in [0.15, 0.2) is 30.5 Å². The van der Waals surface area contributed by atoms with Gasteiger partial charge in [0.1, 0.15) is 29.4 Å². The van der Waals surface area contributed by atoms with Gasteiger partial charge >= 0.3 is 0 Å². The molecular weight excluding hydrogens is 337 g/mol. The zero-order valence-electron chi connectivity index (χ0n) is 14.6. The van der Waals surface area contributed by atoms with E-state index in [1.54, 1.807) is 18.3 Å². The van der Waals surface area contributed by atoms with Crippen molar-refractivity contribution in [3.05, 3.63) is 36.3 Å². The summed E-state index contributed by atoms with van der Waals surface area (Å²) in [5.74, 6) is 1.57. The highest BCUT2D eigenvalue weighted by Gasteiger charge is 2.33. The molecule has 2 aliphatic rings. The van der Waals surface area contributed by atoms with Gasteiger partial charge in [-0.25, -0.2) is 9.37 Å². The molecule has 26 heavy (non-hydrogen) atoms. The first kappa shape index (κ1) is 16.6. The molecule has 2 N–H and O–H groups in total. The van der Waals surface area contributed by atoms with E-state index in [0.29, 0.717) is 23.2 Å². The van der Waals surface area contributed by atoms with Crippen LogP contribution in [0, 0.1) is 5.82 Å². The first-order chi connectivity index (χ1) is 12.5. The van der Waals surface area contributed by atoms with Gasteiger partial charge in [-0.2, -0.15) is 4.98 Å². The van der Waals surface area contributed by atoms with Crippen LogP contribution in [0.1, 0.15) is 19.8 Å². The largest absolute Gasteiger partial charge is 0.490 e. The van der Waals surface area contributed by atoms with Crippen molar-refractivity contribution in [1.29, 1.82) is 0 Å². The highest BCUT2D eigenvalue weighted by Crippen LogP contribution is 2.31. The van der Waals surface area contributed by atoms with Gasteiger partial charge in [-0.05, 0) is 31.2 Å². The molecule has 1 atom stereocenters. The summed E-state index contributed by atoms with van der Waals surface area (Å²) in [5, 5.41) is 6.11. The highest BCUT2D eigenvalue weighted by molar-refractivity contribution is 6.02. The number of fused-ring (bicyclic) bond motifs is 1. The van der Waals surface area contributed by atoms with Crippen LogP contribution < -0.4 is 20.3 Å². The fraction of sp³-hybridized carbons (Fsp3) is 0.389. The Morgan fingerprint density at radius 3 is 2.77 bits per heavy atom. The van der Waals surface area contributed by atoms with Gasteiger partial charge in [-0.15, -0.1) is 0 Å². The predicted octanol–water partition coefficient (Wildman–Crippen LogP) is 2.41. The number of halogens is 1. The lowest BCUT2D eigenvalue weighted by atomic mass is 9.89. The average Bonchev–Trinajstić information content (AvgIpc) is 2.60. The molecule has 0 spiro atoms. The summed E-state index contributed by atoms with van der Waals surface area (Å²) in [5.41, 5.74) is 0.618. The molecule has 0 saturated heterocycles. The van der Waals surface area contributed by atoms with E-state index in [1.165, 1.54) is 12.1 Å². The van der Waals surface area contributed by atoms with Crippen LogP contribution in [-0.2, 0) is 4.79 Å². The SMILES string of the molecule is C[C@H]1C(=O)Nc2cnc(N[C@H]3C[C@H](Oc4ccc(F)cc4)C3)nc2N1C. The molecule has 7 nitrogen and oxygen atoms in total. The van der Waals surface area contributed by atoms with Gasteiger partial charge in [0.05, 0.1) is 6.20 Å². The van der Waals surface area contributed by atoms with Crippen molar-refractivity contribution in [2.45, 2.75) is 38.0 Å². The maximum absolute atomic E-state index is 12.9. The molecule has 2 aromatic rings. The van der Waals surface area contributed by atoms with E-state index in [2.05, 4.69) is 20.6 Å². The molecule has 136 valence electrons. The minimum Gasteiger partial charge on any atom is -0.490 e. The molecule has 1 aromatic heterocycles. The van der Waals surface area contributed by atoms with E-state index >= 15 is 0 Å². The third-order valence-corrected chi connectivity index (χ3v) is 4.87. The number of amides is 1. The third kappa shape index (κ3) is 3.14. The molecule has 0 unspecified atom stereocenters. The molecular formula is C18H20FN5O2. The number of likely N-dealkylation sites (N-methyl/N-ethyl adjacent to an activating group) is 1. The minimum atomic E-state index is -0.276. The lowest BCUT2D eigenvalue weighted by Gasteiger charge is -2.36. The van der Waals surface area contributed by atoms with Gasteiger partial charge in [0.2, 0.25) is 11.9 Å². The number of carbonyl (C=O) groups is 1. The maximum Gasteiger partial charge on any atom is 0.246 e. The summed E-state index contributed by atoms with van der Waals surface area (Å²) in [4.78, 5) is 22.5. The van der Waals surface area contributed by atoms with Gasteiger partial charge in [0.15, 0.2) is 5.82 Å². The Bertz CT molecular complexity index is 823. The molecule has 1 amide bonds. The van der Waals surface area contributed by atoms with Crippen LogP contribution in [0.3, 0.4) is 0 Å². The van der Waals surface area contributed by atoms with Crippen molar-refractivity contribution in [3.63, 3.8) is 0 Å². The molecule has 2 heterocycles. The van der Waals surface area contributed by atoms with E-state index < -0.39 is 0 Å². The molecule has 1 fully saturated rings. The zero-order chi connectivity index (χ0) is 18.3. The molecule has 4 rings (SSSR count). The Hall–Kier alpha value is -2.90. The molecule has 8 heteroatoms. The van der Waals surface area contributed by atoms with Crippen LogP contribution in [-0.4, -0.2) is 41.1 Å². The fourth-order valence-corrected chi connectivity index (χ4v) is 3.06. The number of rotatable bonds is 4. The molecule has 1 aromatic carbocycles. The van der Waals surface area contributed by atoms with Crippen molar-refractivity contribution in [2.75, 3.05) is 22.6 Å². The van der Waals surface area contributed by atoms with Crippen molar-refractivity contribution in [1.82, 2.24) is 9.97 Å². The second kappa shape index (κ2) is 6.44. The Morgan fingerprint density at radius 1 is 1.31 bits per heavy atom. The lowest BCUT2D eigenvalue weighted by Crippen LogP contribution is -2.45. The Kier molecular flexibility index (Phi) is 4.10. The topological polar surface area (TPSA) is 79.4 Å². The average molecular weight is 357 g/mol. The number of aromatic nitrogens is 2. The number of benzene rings is 1. The van der Waals surface area contributed by atoms with Gasteiger partial charge in [-0.1, -0.05) is 0 Å². The van der Waals surface area contributed by atoms with E-state index in [-0.39, 0.29) is 29.9 Å². The summed E-state index contributed by atoms with van der Waals surface area (Å²) in [6.07, 6.45) is 3.36.